The molecule has 0 saturated carbocycles. The summed E-state index contributed by atoms with van der Waals surface area (Å²) >= 11 is 0. The van der Waals surface area contributed by atoms with E-state index in [9.17, 15) is 9.59 Å². The number of aromatic amines is 1. The highest BCUT2D eigenvalue weighted by atomic mass is 16.2. The predicted octanol–water partition coefficient (Wildman–Crippen LogP) is 1.18. The van der Waals surface area contributed by atoms with Crippen molar-refractivity contribution in [2.75, 3.05) is 5.32 Å². The number of rotatable bonds is 4. The van der Waals surface area contributed by atoms with Gasteiger partial charge in [0.1, 0.15) is 11.9 Å². The van der Waals surface area contributed by atoms with Gasteiger partial charge in [-0.3, -0.25) is 20.0 Å². The van der Waals surface area contributed by atoms with Crippen molar-refractivity contribution in [2.24, 2.45) is 0 Å². The van der Waals surface area contributed by atoms with Gasteiger partial charge in [-0.05, 0) is 32.9 Å². The maximum absolute atomic E-state index is 12.0. The van der Waals surface area contributed by atoms with E-state index in [4.69, 9.17) is 0 Å². The van der Waals surface area contributed by atoms with Gasteiger partial charge in [-0.1, -0.05) is 17.7 Å². The van der Waals surface area contributed by atoms with Crippen molar-refractivity contribution < 1.29 is 9.59 Å². The monoisotopic (exact) mass is 287 g/mol. The Labute approximate surface area is 122 Å². The molecule has 110 valence electrons. The van der Waals surface area contributed by atoms with Gasteiger partial charge in [0.15, 0.2) is 0 Å². The van der Waals surface area contributed by atoms with E-state index in [1.54, 1.807) is 32.0 Å². The van der Waals surface area contributed by atoms with E-state index in [0.717, 1.165) is 5.56 Å². The van der Waals surface area contributed by atoms with Crippen LogP contribution in [0.15, 0.2) is 24.3 Å². The van der Waals surface area contributed by atoms with Gasteiger partial charge in [-0.25, -0.2) is 0 Å². The lowest BCUT2D eigenvalue weighted by Gasteiger charge is -2.12. The third-order valence-corrected chi connectivity index (χ3v) is 2.85. The molecule has 1 atom stereocenters. The fourth-order valence-corrected chi connectivity index (χ4v) is 1.75. The van der Waals surface area contributed by atoms with Gasteiger partial charge >= 0.3 is 0 Å². The number of carbonyl (C=O) groups is 2. The highest BCUT2D eigenvalue weighted by molar-refractivity contribution is 6.00. The fraction of sp³-hybridized carbons (Fsp3) is 0.286. The zero-order valence-corrected chi connectivity index (χ0v) is 12.1. The van der Waals surface area contributed by atoms with Crippen molar-refractivity contribution in [3.63, 3.8) is 0 Å². The Morgan fingerprint density at radius 3 is 2.67 bits per heavy atom. The Morgan fingerprint density at radius 2 is 2.05 bits per heavy atom. The van der Waals surface area contributed by atoms with Crippen molar-refractivity contribution in [1.29, 1.82) is 0 Å². The van der Waals surface area contributed by atoms with E-state index in [1.807, 2.05) is 13.0 Å². The molecular formula is C14H17N5O2. The minimum absolute atomic E-state index is 0.189. The molecule has 0 spiro atoms. The fourth-order valence-electron chi connectivity index (χ4n) is 1.75. The van der Waals surface area contributed by atoms with Crippen LogP contribution in [0, 0.1) is 13.8 Å². The average Bonchev–Trinajstić information content (AvgIpc) is 2.84. The molecule has 1 heterocycles. The molecule has 0 fully saturated rings. The molecule has 2 aromatic rings. The van der Waals surface area contributed by atoms with Gasteiger partial charge in [0.25, 0.3) is 5.91 Å². The summed E-state index contributed by atoms with van der Waals surface area (Å²) in [4.78, 5) is 27.9. The molecule has 3 N–H and O–H groups in total. The van der Waals surface area contributed by atoms with Crippen LogP contribution in [-0.2, 0) is 4.79 Å². The average molecular weight is 287 g/mol. The molecule has 7 heteroatoms. The van der Waals surface area contributed by atoms with Crippen molar-refractivity contribution in [1.82, 2.24) is 20.5 Å². The normalized spacial score (nSPS) is 11.8. The zero-order valence-electron chi connectivity index (χ0n) is 12.1. The lowest BCUT2D eigenvalue weighted by atomic mass is 10.1. The number of nitrogens with one attached hydrogen (secondary N) is 3. The largest absolute Gasteiger partial charge is 0.341 e. The Bertz CT molecular complexity index is 665. The Hall–Kier alpha value is -2.70. The molecule has 0 aliphatic heterocycles. The summed E-state index contributed by atoms with van der Waals surface area (Å²) in [5.74, 6) is 0.110. The minimum atomic E-state index is -0.697. The molecule has 0 bridgehead atoms. The zero-order chi connectivity index (χ0) is 15.4. The van der Waals surface area contributed by atoms with Crippen molar-refractivity contribution in [3.8, 4) is 0 Å². The number of benzene rings is 1. The molecular weight excluding hydrogens is 270 g/mol. The quantitative estimate of drug-likeness (QED) is 0.786. The van der Waals surface area contributed by atoms with Gasteiger partial charge < -0.3 is 5.32 Å². The third-order valence-electron chi connectivity index (χ3n) is 2.85. The summed E-state index contributed by atoms with van der Waals surface area (Å²) in [6.07, 6.45) is 0. The van der Waals surface area contributed by atoms with Gasteiger partial charge in [0.2, 0.25) is 11.9 Å². The number of hydrogen-bond acceptors (Lipinski definition) is 4. The topological polar surface area (TPSA) is 99.8 Å². The second kappa shape index (κ2) is 6.17. The number of aryl methyl sites for hydroxylation is 2. The summed E-state index contributed by atoms with van der Waals surface area (Å²) in [6.45, 7) is 5.23. The summed E-state index contributed by atoms with van der Waals surface area (Å²) in [5, 5.41) is 11.6. The number of aromatic nitrogens is 3. The molecule has 7 nitrogen and oxygen atoms in total. The Kier molecular flexibility index (Phi) is 4.32. The van der Waals surface area contributed by atoms with Crippen LogP contribution in [0.25, 0.3) is 0 Å². The van der Waals surface area contributed by atoms with E-state index in [2.05, 4.69) is 25.8 Å². The molecule has 21 heavy (non-hydrogen) atoms. The maximum atomic E-state index is 12.0. The van der Waals surface area contributed by atoms with Gasteiger partial charge in [-0.2, -0.15) is 4.98 Å². The van der Waals surface area contributed by atoms with Crippen LogP contribution in [0.2, 0.25) is 0 Å². The van der Waals surface area contributed by atoms with Crippen LogP contribution in [0.5, 0.6) is 0 Å². The minimum Gasteiger partial charge on any atom is -0.341 e. The first-order valence-electron chi connectivity index (χ1n) is 6.53. The molecule has 1 aromatic carbocycles. The van der Waals surface area contributed by atoms with Gasteiger partial charge in [-0.15, -0.1) is 5.10 Å². The van der Waals surface area contributed by atoms with Crippen molar-refractivity contribution in [3.05, 3.63) is 41.2 Å². The summed E-state index contributed by atoms with van der Waals surface area (Å²) < 4.78 is 0. The highest BCUT2D eigenvalue weighted by Gasteiger charge is 2.18. The first kappa shape index (κ1) is 14.7. The highest BCUT2D eigenvalue weighted by Crippen LogP contribution is 2.04. The maximum Gasteiger partial charge on any atom is 0.251 e. The second-order valence-corrected chi connectivity index (χ2v) is 4.80. The van der Waals surface area contributed by atoms with Crippen LogP contribution < -0.4 is 10.6 Å². The molecule has 0 aliphatic rings. The Morgan fingerprint density at radius 1 is 1.29 bits per heavy atom. The number of amides is 2. The van der Waals surface area contributed by atoms with E-state index in [-0.39, 0.29) is 17.8 Å². The van der Waals surface area contributed by atoms with E-state index >= 15 is 0 Å². The molecule has 1 aromatic heterocycles. The summed E-state index contributed by atoms with van der Waals surface area (Å²) in [5.41, 5.74) is 1.50. The van der Waals surface area contributed by atoms with Crippen LogP contribution in [0.3, 0.4) is 0 Å². The molecule has 0 radical (unpaired) electrons. The molecule has 0 unspecified atom stereocenters. The second-order valence-electron chi connectivity index (χ2n) is 4.80. The number of H-pyrrole nitrogens is 1. The molecule has 0 aliphatic carbocycles. The summed E-state index contributed by atoms with van der Waals surface area (Å²) in [6, 6.07) is 6.46. The lowest BCUT2D eigenvalue weighted by molar-refractivity contribution is -0.117. The predicted molar refractivity (Wildman–Crippen MR) is 77.9 cm³/mol. The molecule has 0 saturated heterocycles. The lowest BCUT2D eigenvalue weighted by Crippen LogP contribution is -2.41. The van der Waals surface area contributed by atoms with Crippen LogP contribution in [0.4, 0.5) is 5.95 Å². The van der Waals surface area contributed by atoms with Crippen molar-refractivity contribution in [2.45, 2.75) is 26.8 Å². The van der Waals surface area contributed by atoms with E-state index in [1.165, 1.54) is 0 Å². The van der Waals surface area contributed by atoms with Crippen LogP contribution >= 0.6 is 0 Å². The molecule has 2 amide bonds. The molecule has 2 rings (SSSR count). The van der Waals surface area contributed by atoms with Crippen LogP contribution in [0.1, 0.15) is 28.7 Å². The van der Waals surface area contributed by atoms with E-state index in [0.29, 0.717) is 11.4 Å². The van der Waals surface area contributed by atoms with Crippen molar-refractivity contribution >= 4 is 17.8 Å². The standard InChI is InChI=1S/C14H17N5O2/c1-8-5-4-6-11(7-8)13(21)15-9(2)12(20)17-14-16-10(3)18-19-14/h4-7,9H,1-3H3,(H,15,21)(H2,16,17,18,19,20)/t9-/m1/s1. The number of nitrogens with zero attached hydrogens (tertiary/aromatic N) is 2. The first-order chi connectivity index (χ1) is 9.95. The number of carbonyl (C=O) groups excluding carboxylic acids is 2. The Balaban J connectivity index is 1.95. The van der Waals surface area contributed by atoms with Crippen LogP contribution in [-0.4, -0.2) is 33.0 Å². The number of anilines is 1. The smallest absolute Gasteiger partial charge is 0.251 e. The first-order valence-corrected chi connectivity index (χ1v) is 6.53. The number of hydrogen-bond donors (Lipinski definition) is 3. The SMILES string of the molecule is Cc1cccc(C(=O)N[C@H](C)C(=O)Nc2n[nH]c(C)n2)c1. The van der Waals surface area contributed by atoms with Gasteiger partial charge in [0.05, 0.1) is 0 Å². The van der Waals surface area contributed by atoms with Gasteiger partial charge in [0, 0.05) is 5.56 Å². The third kappa shape index (κ3) is 3.88. The van der Waals surface area contributed by atoms with E-state index < -0.39 is 6.04 Å². The summed E-state index contributed by atoms with van der Waals surface area (Å²) in [7, 11) is 0.